The van der Waals surface area contributed by atoms with E-state index in [0.29, 0.717) is 34.5 Å². The van der Waals surface area contributed by atoms with Crippen molar-refractivity contribution in [2.45, 2.75) is 56.1 Å². The number of primary sulfonamides is 1. The molecule has 0 bridgehead atoms. The maximum absolute atomic E-state index is 11.5. The molecule has 2 aromatic heterocycles. The number of ether oxygens (including phenoxy) is 1. The molecule has 2 saturated carbocycles. The molecule has 170 valence electrons. The van der Waals surface area contributed by atoms with Crippen LogP contribution in [0.1, 0.15) is 56.3 Å². The zero-order valence-corrected chi connectivity index (χ0v) is 19.1. The molecule has 0 aliphatic heterocycles. The molecule has 0 amide bonds. The Morgan fingerprint density at radius 1 is 1.06 bits per heavy atom. The van der Waals surface area contributed by atoms with Crippen molar-refractivity contribution in [3.63, 3.8) is 0 Å². The van der Waals surface area contributed by atoms with Gasteiger partial charge in [0.1, 0.15) is 11.8 Å². The van der Waals surface area contributed by atoms with E-state index < -0.39 is 10.0 Å². The van der Waals surface area contributed by atoms with Gasteiger partial charge in [0, 0.05) is 5.92 Å². The molecule has 0 saturated heterocycles. The van der Waals surface area contributed by atoms with Gasteiger partial charge >= 0.3 is 0 Å². The van der Waals surface area contributed by atoms with Gasteiger partial charge in [-0.2, -0.15) is 4.98 Å². The summed E-state index contributed by atoms with van der Waals surface area (Å²) in [5.74, 6) is 7.76. The average molecular weight is 464 g/mol. The first-order valence-corrected chi connectivity index (χ1v) is 12.7. The number of hydrogen-bond donors (Lipinski definition) is 2. The van der Waals surface area contributed by atoms with Gasteiger partial charge in [-0.15, -0.1) is 0 Å². The highest BCUT2D eigenvalue weighted by molar-refractivity contribution is 7.89. The number of rotatable bonds is 6. The van der Waals surface area contributed by atoms with Gasteiger partial charge in [0.25, 0.3) is 0 Å². The second-order valence-corrected chi connectivity index (χ2v) is 10.2. The van der Waals surface area contributed by atoms with E-state index in [4.69, 9.17) is 9.88 Å². The second-order valence-electron chi connectivity index (χ2n) is 8.61. The number of fused-ring (bicyclic) bond motifs is 1. The minimum absolute atomic E-state index is 0.0725. The van der Waals surface area contributed by atoms with Crippen LogP contribution in [0.2, 0.25) is 0 Å². The van der Waals surface area contributed by atoms with Gasteiger partial charge in [-0.05, 0) is 74.8 Å². The zero-order valence-electron chi connectivity index (χ0n) is 18.3. The van der Waals surface area contributed by atoms with Crippen LogP contribution in [0.25, 0.3) is 11.0 Å². The summed E-state index contributed by atoms with van der Waals surface area (Å²) in [6.07, 6.45) is 5.62. The molecule has 3 aromatic rings. The van der Waals surface area contributed by atoms with Crippen molar-refractivity contribution in [3.8, 4) is 17.7 Å². The van der Waals surface area contributed by atoms with E-state index in [2.05, 4.69) is 32.1 Å². The molecule has 0 radical (unpaired) electrons. The topological polar surface area (TPSA) is 120 Å². The maximum Gasteiger partial charge on any atom is 0.245 e. The molecule has 1 aromatic carbocycles. The van der Waals surface area contributed by atoms with Gasteiger partial charge in [0.2, 0.25) is 21.9 Å². The first-order valence-electron chi connectivity index (χ1n) is 11.1. The van der Waals surface area contributed by atoms with Crippen molar-refractivity contribution in [2.24, 2.45) is 11.1 Å². The number of nitrogens with two attached hydrogens (primary N) is 1. The Labute approximate surface area is 193 Å². The summed E-state index contributed by atoms with van der Waals surface area (Å²) in [6.45, 7) is 1.95. The zero-order chi connectivity index (χ0) is 23.0. The Bertz CT molecular complexity index is 1350. The Hall–Kier alpha value is -3.22. The molecule has 2 fully saturated rings. The van der Waals surface area contributed by atoms with Crippen molar-refractivity contribution < 1.29 is 13.2 Å². The van der Waals surface area contributed by atoms with Crippen LogP contribution in [0.4, 0.5) is 5.95 Å². The molecule has 5 rings (SSSR count). The fourth-order valence-electron chi connectivity index (χ4n) is 3.48. The second kappa shape index (κ2) is 8.61. The van der Waals surface area contributed by atoms with Crippen LogP contribution in [0.15, 0.2) is 41.3 Å². The van der Waals surface area contributed by atoms with Gasteiger partial charge in [-0.3, -0.25) is 0 Å². The lowest BCUT2D eigenvalue weighted by atomic mass is 9.96. The van der Waals surface area contributed by atoms with E-state index >= 15 is 0 Å². The Balaban J connectivity index is 1.43. The largest absolute Gasteiger partial charge is 0.473 e. The monoisotopic (exact) mass is 463 g/mol. The maximum atomic E-state index is 11.5. The fourth-order valence-corrected chi connectivity index (χ4v) is 3.99. The summed E-state index contributed by atoms with van der Waals surface area (Å²) in [4.78, 5) is 14.0. The first-order chi connectivity index (χ1) is 15.8. The summed E-state index contributed by atoms with van der Waals surface area (Å²) in [6, 6.07) is 10.0. The van der Waals surface area contributed by atoms with Gasteiger partial charge < -0.3 is 10.1 Å². The van der Waals surface area contributed by atoms with Gasteiger partial charge in [0.15, 0.2) is 5.52 Å². The van der Waals surface area contributed by atoms with Crippen LogP contribution in [-0.2, 0) is 10.0 Å². The standard InChI is InChI=1S/C24H25N5O3S/c1-15(17-8-12-20(13-9-17)33(25,30)31)26-24-28-21-14-11-18(10-7-16-5-6-16)27-22(21)23(29-24)32-19-3-2-4-19/h8-9,11-16,19H,2-6H2,1H3,(H2,25,30,31)(H,26,28,29)/t15-/m1/s1. The lowest BCUT2D eigenvalue weighted by molar-refractivity contribution is 0.116. The predicted octanol–water partition coefficient (Wildman–Crippen LogP) is 3.54. The SMILES string of the molecule is C[C@@H](Nc1nc(OC2CCC2)c2nc(C#CC3CC3)ccc2n1)c1ccc(S(N)(=O)=O)cc1. The van der Waals surface area contributed by atoms with Gasteiger partial charge in [-0.1, -0.05) is 18.1 Å². The molecule has 33 heavy (non-hydrogen) atoms. The number of sulfonamides is 1. The number of nitrogens with zero attached hydrogens (tertiary/aromatic N) is 3. The van der Waals surface area contributed by atoms with E-state index in [0.717, 1.165) is 37.7 Å². The van der Waals surface area contributed by atoms with Crippen molar-refractivity contribution in [2.75, 3.05) is 5.32 Å². The van der Waals surface area contributed by atoms with Crippen molar-refractivity contribution in [1.82, 2.24) is 15.0 Å². The highest BCUT2D eigenvalue weighted by atomic mass is 32.2. The number of pyridine rings is 1. The highest BCUT2D eigenvalue weighted by Gasteiger charge is 2.23. The van der Waals surface area contributed by atoms with E-state index in [1.165, 1.54) is 12.1 Å². The smallest absolute Gasteiger partial charge is 0.245 e. The van der Waals surface area contributed by atoms with Crippen LogP contribution in [-0.4, -0.2) is 29.5 Å². The summed E-state index contributed by atoms with van der Waals surface area (Å²) in [5.41, 5.74) is 2.85. The minimum atomic E-state index is -3.73. The van der Waals surface area contributed by atoms with E-state index in [9.17, 15) is 8.42 Å². The lowest BCUT2D eigenvalue weighted by Gasteiger charge is -2.26. The number of benzene rings is 1. The summed E-state index contributed by atoms with van der Waals surface area (Å²) in [7, 11) is -3.73. The van der Waals surface area contributed by atoms with E-state index in [1.807, 2.05) is 19.1 Å². The summed E-state index contributed by atoms with van der Waals surface area (Å²) < 4.78 is 29.2. The highest BCUT2D eigenvalue weighted by Crippen LogP contribution is 2.30. The summed E-state index contributed by atoms with van der Waals surface area (Å²) in [5, 5.41) is 8.47. The molecule has 8 nitrogen and oxygen atoms in total. The van der Waals surface area contributed by atoms with Crippen LogP contribution < -0.4 is 15.2 Å². The van der Waals surface area contributed by atoms with Crippen molar-refractivity contribution in [1.29, 1.82) is 0 Å². The van der Waals surface area contributed by atoms with Crippen molar-refractivity contribution >= 4 is 27.0 Å². The molecular weight excluding hydrogens is 438 g/mol. The number of nitrogens with one attached hydrogen (secondary N) is 1. The molecular formula is C24H25N5O3S. The molecule has 0 unspecified atom stereocenters. The van der Waals surface area contributed by atoms with Gasteiger partial charge in [0.05, 0.1) is 16.5 Å². The number of hydrogen-bond acceptors (Lipinski definition) is 7. The molecule has 1 atom stereocenters. The fraction of sp³-hybridized carbons (Fsp3) is 0.375. The van der Waals surface area contributed by atoms with Crippen LogP contribution in [0.5, 0.6) is 5.88 Å². The third kappa shape index (κ3) is 5.07. The molecule has 9 heteroatoms. The molecule has 2 aliphatic carbocycles. The normalized spacial score (nSPS) is 17.0. The van der Waals surface area contributed by atoms with Crippen molar-refractivity contribution in [3.05, 3.63) is 47.7 Å². The predicted molar refractivity (Wildman–Crippen MR) is 125 cm³/mol. The van der Waals surface area contributed by atoms with Gasteiger partial charge in [-0.25, -0.2) is 23.5 Å². The van der Waals surface area contributed by atoms with Crippen LogP contribution in [0.3, 0.4) is 0 Å². The van der Waals surface area contributed by atoms with E-state index in [-0.39, 0.29) is 17.0 Å². The Morgan fingerprint density at radius 3 is 2.45 bits per heavy atom. The third-order valence-electron chi connectivity index (χ3n) is 5.88. The average Bonchev–Trinajstić information content (AvgIpc) is 3.59. The Morgan fingerprint density at radius 2 is 1.82 bits per heavy atom. The molecule has 3 N–H and O–H groups in total. The third-order valence-corrected chi connectivity index (χ3v) is 6.81. The van der Waals surface area contributed by atoms with Crippen LogP contribution in [0, 0.1) is 17.8 Å². The molecule has 2 heterocycles. The number of anilines is 1. The first kappa shape index (κ1) is 21.6. The Kier molecular flexibility index (Phi) is 5.64. The lowest BCUT2D eigenvalue weighted by Crippen LogP contribution is -2.25. The number of aromatic nitrogens is 3. The van der Waals surface area contributed by atoms with E-state index in [1.54, 1.807) is 12.1 Å². The molecule has 0 spiro atoms. The molecule has 2 aliphatic rings. The van der Waals surface area contributed by atoms with Crippen LogP contribution >= 0.6 is 0 Å². The summed E-state index contributed by atoms with van der Waals surface area (Å²) >= 11 is 0. The quantitative estimate of drug-likeness (QED) is 0.537. The minimum Gasteiger partial charge on any atom is -0.473 e.